The van der Waals surface area contributed by atoms with Crippen molar-refractivity contribution in [2.45, 2.75) is 6.54 Å². The van der Waals surface area contributed by atoms with Gasteiger partial charge in [0.25, 0.3) is 17.2 Å². The molecule has 1 amide bonds. The molecule has 150 valence electrons. The molecule has 2 aromatic carbocycles. The first-order valence-electron chi connectivity index (χ1n) is 8.71. The standard InChI is InChI=1S/C20H13FN4O4S/c21-13-4-1-3-12(9-13)11-24-8-2-5-15(19(24)27)18(26)23-20-22-16-7-6-14(25(28)29)10-17(16)30-20/h1-10H,11H2,(H,22,23,26). The second kappa shape index (κ2) is 7.84. The first-order valence-corrected chi connectivity index (χ1v) is 9.52. The second-order valence-corrected chi connectivity index (χ2v) is 7.40. The molecule has 4 aromatic rings. The third-order valence-electron chi connectivity index (χ3n) is 4.31. The predicted molar refractivity (Wildman–Crippen MR) is 110 cm³/mol. The van der Waals surface area contributed by atoms with Crippen molar-refractivity contribution in [2.75, 3.05) is 5.32 Å². The number of anilines is 1. The van der Waals surface area contributed by atoms with Gasteiger partial charge in [0.05, 0.1) is 21.7 Å². The van der Waals surface area contributed by atoms with Crippen LogP contribution in [-0.4, -0.2) is 20.4 Å². The molecule has 0 fully saturated rings. The minimum absolute atomic E-state index is 0.0766. The van der Waals surface area contributed by atoms with Gasteiger partial charge in [-0.1, -0.05) is 23.5 Å². The maximum Gasteiger partial charge on any atom is 0.270 e. The first kappa shape index (κ1) is 19.4. The van der Waals surface area contributed by atoms with Gasteiger partial charge in [-0.25, -0.2) is 9.37 Å². The number of hydrogen-bond acceptors (Lipinski definition) is 6. The Morgan fingerprint density at radius 1 is 1.20 bits per heavy atom. The summed E-state index contributed by atoms with van der Waals surface area (Å²) in [7, 11) is 0. The van der Waals surface area contributed by atoms with Crippen LogP contribution in [0.2, 0.25) is 0 Å². The summed E-state index contributed by atoms with van der Waals surface area (Å²) in [5.41, 5.74) is 0.377. The number of rotatable bonds is 5. The van der Waals surface area contributed by atoms with E-state index in [2.05, 4.69) is 10.3 Å². The maximum atomic E-state index is 13.4. The van der Waals surface area contributed by atoms with Crippen LogP contribution in [0.3, 0.4) is 0 Å². The Morgan fingerprint density at radius 2 is 2.03 bits per heavy atom. The maximum absolute atomic E-state index is 13.4. The van der Waals surface area contributed by atoms with Crippen LogP contribution in [0.25, 0.3) is 10.2 Å². The molecule has 30 heavy (non-hydrogen) atoms. The molecule has 0 saturated carbocycles. The van der Waals surface area contributed by atoms with Gasteiger partial charge in [0.1, 0.15) is 11.4 Å². The molecule has 0 radical (unpaired) electrons. The van der Waals surface area contributed by atoms with Crippen LogP contribution in [0.4, 0.5) is 15.2 Å². The number of nitro groups is 1. The SMILES string of the molecule is O=C(Nc1nc2ccc([N+](=O)[O-])cc2s1)c1cccn(Cc2cccc(F)c2)c1=O. The van der Waals surface area contributed by atoms with E-state index in [-0.39, 0.29) is 22.9 Å². The lowest BCUT2D eigenvalue weighted by molar-refractivity contribution is -0.384. The molecule has 0 unspecified atom stereocenters. The Kier molecular flexibility index (Phi) is 5.07. The van der Waals surface area contributed by atoms with Crippen molar-refractivity contribution in [3.63, 3.8) is 0 Å². The van der Waals surface area contributed by atoms with Crippen LogP contribution in [0.5, 0.6) is 0 Å². The quantitative estimate of drug-likeness (QED) is 0.387. The molecule has 10 heteroatoms. The smallest absolute Gasteiger partial charge is 0.270 e. The summed E-state index contributed by atoms with van der Waals surface area (Å²) in [6.45, 7) is 0.114. The Bertz CT molecular complexity index is 1350. The summed E-state index contributed by atoms with van der Waals surface area (Å²) in [4.78, 5) is 39.9. The Hall–Kier alpha value is -3.92. The summed E-state index contributed by atoms with van der Waals surface area (Å²) >= 11 is 1.07. The summed E-state index contributed by atoms with van der Waals surface area (Å²) in [5.74, 6) is -1.06. The molecule has 2 aromatic heterocycles. The zero-order valence-electron chi connectivity index (χ0n) is 15.2. The van der Waals surface area contributed by atoms with Crippen molar-refractivity contribution in [2.24, 2.45) is 0 Å². The van der Waals surface area contributed by atoms with Crippen molar-refractivity contribution in [1.82, 2.24) is 9.55 Å². The van der Waals surface area contributed by atoms with Crippen LogP contribution in [0.15, 0.2) is 65.6 Å². The highest BCUT2D eigenvalue weighted by Gasteiger charge is 2.16. The number of nitro benzene ring substituents is 1. The van der Waals surface area contributed by atoms with Gasteiger partial charge in [0.15, 0.2) is 5.13 Å². The number of nitrogens with one attached hydrogen (secondary N) is 1. The Labute approximate surface area is 172 Å². The van der Waals surface area contributed by atoms with E-state index in [0.29, 0.717) is 15.8 Å². The normalized spacial score (nSPS) is 10.8. The van der Waals surface area contributed by atoms with E-state index in [9.17, 15) is 24.1 Å². The van der Waals surface area contributed by atoms with Gasteiger partial charge in [0.2, 0.25) is 0 Å². The Balaban J connectivity index is 1.58. The largest absolute Gasteiger partial charge is 0.310 e. The number of thiazole rings is 1. The lowest BCUT2D eigenvalue weighted by Gasteiger charge is -2.08. The summed E-state index contributed by atoms with van der Waals surface area (Å²) < 4.78 is 15.2. The minimum atomic E-state index is -0.651. The van der Waals surface area contributed by atoms with E-state index < -0.39 is 22.2 Å². The molecule has 1 N–H and O–H groups in total. The van der Waals surface area contributed by atoms with Gasteiger partial charge in [-0.05, 0) is 35.9 Å². The highest BCUT2D eigenvalue weighted by Crippen LogP contribution is 2.29. The lowest BCUT2D eigenvalue weighted by atomic mass is 10.2. The van der Waals surface area contributed by atoms with Crippen molar-refractivity contribution in [1.29, 1.82) is 0 Å². The molecule has 0 aliphatic heterocycles. The molecule has 0 bridgehead atoms. The van der Waals surface area contributed by atoms with Crippen LogP contribution < -0.4 is 10.9 Å². The van der Waals surface area contributed by atoms with Gasteiger partial charge in [-0.2, -0.15) is 0 Å². The molecule has 0 aliphatic rings. The number of aromatic nitrogens is 2. The summed E-state index contributed by atoms with van der Waals surface area (Å²) in [6.07, 6.45) is 1.51. The number of pyridine rings is 1. The third-order valence-corrected chi connectivity index (χ3v) is 5.24. The molecule has 0 atom stereocenters. The van der Waals surface area contributed by atoms with Crippen molar-refractivity contribution >= 4 is 38.3 Å². The fourth-order valence-electron chi connectivity index (χ4n) is 2.91. The second-order valence-electron chi connectivity index (χ2n) is 6.37. The molecule has 8 nitrogen and oxygen atoms in total. The third kappa shape index (κ3) is 3.94. The molecular formula is C20H13FN4O4S. The molecule has 0 saturated heterocycles. The highest BCUT2D eigenvalue weighted by atomic mass is 32.1. The predicted octanol–water partition coefficient (Wildman–Crippen LogP) is 3.81. The van der Waals surface area contributed by atoms with E-state index in [0.717, 1.165) is 11.3 Å². The van der Waals surface area contributed by atoms with Gasteiger partial charge >= 0.3 is 0 Å². The van der Waals surface area contributed by atoms with E-state index in [4.69, 9.17) is 0 Å². The van der Waals surface area contributed by atoms with E-state index in [1.807, 2.05) is 0 Å². The van der Waals surface area contributed by atoms with Crippen LogP contribution in [0.1, 0.15) is 15.9 Å². The molecular weight excluding hydrogens is 411 g/mol. The summed E-state index contributed by atoms with van der Waals surface area (Å²) in [6, 6.07) is 13.0. The van der Waals surface area contributed by atoms with E-state index in [1.165, 1.54) is 47.2 Å². The fourth-order valence-corrected chi connectivity index (χ4v) is 3.80. The number of fused-ring (bicyclic) bond motifs is 1. The van der Waals surface area contributed by atoms with Crippen molar-refractivity contribution in [3.05, 3.63) is 98.2 Å². The number of non-ortho nitro benzene ring substituents is 1. The zero-order valence-corrected chi connectivity index (χ0v) is 16.1. The van der Waals surface area contributed by atoms with Crippen molar-refractivity contribution < 1.29 is 14.1 Å². The minimum Gasteiger partial charge on any atom is -0.310 e. The molecule has 0 aliphatic carbocycles. The zero-order chi connectivity index (χ0) is 21.3. The number of nitrogens with zero attached hydrogens (tertiary/aromatic N) is 3. The topological polar surface area (TPSA) is 107 Å². The lowest BCUT2D eigenvalue weighted by Crippen LogP contribution is -2.29. The fraction of sp³-hybridized carbons (Fsp3) is 0.0500. The molecule has 0 spiro atoms. The van der Waals surface area contributed by atoms with E-state index in [1.54, 1.807) is 18.2 Å². The number of amides is 1. The number of carbonyl (C=O) groups is 1. The molecule has 4 rings (SSSR count). The van der Waals surface area contributed by atoms with Gasteiger partial charge in [-0.3, -0.25) is 25.0 Å². The number of carbonyl (C=O) groups excluding carboxylic acids is 1. The van der Waals surface area contributed by atoms with Gasteiger partial charge in [-0.15, -0.1) is 0 Å². The van der Waals surface area contributed by atoms with Crippen LogP contribution in [0, 0.1) is 15.9 Å². The number of hydrogen-bond donors (Lipinski definition) is 1. The Morgan fingerprint density at radius 3 is 2.80 bits per heavy atom. The van der Waals surface area contributed by atoms with Crippen LogP contribution in [-0.2, 0) is 6.54 Å². The van der Waals surface area contributed by atoms with E-state index >= 15 is 0 Å². The van der Waals surface area contributed by atoms with Gasteiger partial charge < -0.3 is 4.57 Å². The van der Waals surface area contributed by atoms with Gasteiger partial charge in [0, 0.05) is 18.3 Å². The summed E-state index contributed by atoms with van der Waals surface area (Å²) in [5, 5.41) is 13.7. The number of benzene rings is 2. The average molecular weight is 424 g/mol. The monoisotopic (exact) mass is 424 g/mol. The average Bonchev–Trinajstić information content (AvgIpc) is 3.10. The first-order chi connectivity index (χ1) is 14.4. The van der Waals surface area contributed by atoms with Crippen molar-refractivity contribution in [3.8, 4) is 0 Å². The highest BCUT2D eigenvalue weighted by molar-refractivity contribution is 7.22. The molecule has 2 heterocycles. The van der Waals surface area contributed by atoms with Crippen LogP contribution >= 0.6 is 11.3 Å². The number of halogens is 1.